The van der Waals surface area contributed by atoms with Crippen LogP contribution < -0.4 is 10.1 Å². The highest BCUT2D eigenvalue weighted by Crippen LogP contribution is 2.41. The number of fused-ring (bicyclic) bond motifs is 1. The van der Waals surface area contributed by atoms with Crippen LogP contribution in [0.25, 0.3) is 0 Å². The molecule has 1 aliphatic rings. The monoisotopic (exact) mass is 306 g/mol. The van der Waals surface area contributed by atoms with E-state index < -0.39 is 0 Å². The minimum absolute atomic E-state index is 0.0795. The fourth-order valence-corrected chi connectivity index (χ4v) is 4.55. The highest BCUT2D eigenvalue weighted by molar-refractivity contribution is 7.99. The molecule has 1 unspecified atom stereocenters. The van der Waals surface area contributed by atoms with Gasteiger partial charge < -0.3 is 10.1 Å². The molecule has 1 aliphatic heterocycles. The Kier molecular flexibility index (Phi) is 4.29. The quantitative estimate of drug-likeness (QED) is 0.935. The second-order valence-electron chi connectivity index (χ2n) is 4.67. The predicted octanol–water partition coefficient (Wildman–Crippen LogP) is 3.65. The van der Waals surface area contributed by atoms with E-state index in [0.29, 0.717) is 0 Å². The maximum absolute atomic E-state index is 6.12. The van der Waals surface area contributed by atoms with Crippen molar-refractivity contribution in [3.63, 3.8) is 0 Å². The molecule has 1 atom stereocenters. The number of hydrogen-bond donors (Lipinski definition) is 1. The van der Waals surface area contributed by atoms with Gasteiger partial charge in [-0.15, -0.1) is 23.1 Å². The molecule has 3 rings (SSSR count). The van der Waals surface area contributed by atoms with Gasteiger partial charge >= 0.3 is 0 Å². The van der Waals surface area contributed by atoms with E-state index in [1.54, 1.807) is 11.3 Å². The lowest BCUT2D eigenvalue weighted by Gasteiger charge is -2.23. The van der Waals surface area contributed by atoms with Crippen LogP contribution in [0.2, 0.25) is 0 Å². The number of rotatable bonds is 4. The molecule has 0 saturated carbocycles. The molecule has 0 radical (unpaired) electrons. The number of nitrogens with one attached hydrogen (secondary N) is 1. The Balaban J connectivity index is 1.84. The van der Waals surface area contributed by atoms with E-state index in [2.05, 4.69) is 24.4 Å². The van der Waals surface area contributed by atoms with Gasteiger partial charge in [-0.3, -0.25) is 0 Å². The van der Waals surface area contributed by atoms with E-state index >= 15 is 0 Å². The Hall–Kier alpha value is -1.04. The topological polar surface area (TPSA) is 34.1 Å². The van der Waals surface area contributed by atoms with Crippen LogP contribution in [-0.2, 0) is 13.0 Å². The van der Waals surface area contributed by atoms with Crippen LogP contribution in [0.4, 0.5) is 0 Å². The molecular weight excluding hydrogens is 288 g/mol. The van der Waals surface area contributed by atoms with Crippen molar-refractivity contribution in [2.24, 2.45) is 0 Å². The SMILES string of the molecule is CCc1nc(C2CSc3ccccc3O2)sc1CNC. The smallest absolute Gasteiger partial charge is 0.159 e. The third-order valence-electron chi connectivity index (χ3n) is 3.25. The maximum Gasteiger partial charge on any atom is 0.159 e. The van der Waals surface area contributed by atoms with E-state index in [9.17, 15) is 0 Å². The molecule has 1 aromatic carbocycles. The van der Waals surface area contributed by atoms with Crippen LogP contribution in [0.5, 0.6) is 5.75 Å². The number of benzene rings is 1. The highest BCUT2D eigenvalue weighted by atomic mass is 32.2. The Labute approximate surface area is 127 Å². The summed E-state index contributed by atoms with van der Waals surface area (Å²) in [6.45, 7) is 3.04. The molecule has 0 bridgehead atoms. The Bertz CT molecular complexity index is 597. The van der Waals surface area contributed by atoms with Gasteiger partial charge in [-0.05, 0) is 25.6 Å². The van der Waals surface area contributed by atoms with Crippen molar-refractivity contribution in [2.45, 2.75) is 30.9 Å². The number of thiazole rings is 1. The van der Waals surface area contributed by atoms with Gasteiger partial charge in [0.25, 0.3) is 0 Å². The first-order valence-corrected chi connectivity index (χ1v) is 8.63. The van der Waals surface area contributed by atoms with Gasteiger partial charge in [-0.25, -0.2) is 4.98 Å². The summed E-state index contributed by atoms with van der Waals surface area (Å²) in [4.78, 5) is 7.34. The zero-order chi connectivity index (χ0) is 13.9. The average Bonchev–Trinajstić information content (AvgIpc) is 2.90. The van der Waals surface area contributed by atoms with E-state index in [-0.39, 0.29) is 6.10 Å². The number of hydrogen-bond acceptors (Lipinski definition) is 5. The zero-order valence-corrected chi connectivity index (χ0v) is 13.3. The summed E-state index contributed by atoms with van der Waals surface area (Å²) in [7, 11) is 1.97. The second-order valence-corrected chi connectivity index (χ2v) is 6.85. The Morgan fingerprint density at radius 1 is 1.40 bits per heavy atom. The summed E-state index contributed by atoms with van der Waals surface area (Å²) >= 11 is 3.63. The molecule has 3 nitrogen and oxygen atoms in total. The summed E-state index contributed by atoms with van der Waals surface area (Å²) in [5.74, 6) is 1.92. The number of thioether (sulfide) groups is 1. The summed E-state index contributed by atoms with van der Waals surface area (Å²) in [6, 6.07) is 8.23. The molecule has 0 amide bonds. The van der Waals surface area contributed by atoms with Crippen LogP contribution in [0.1, 0.15) is 28.6 Å². The van der Waals surface area contributed by atoms with Crippen molar-refractivity contribution in [3.05, 3.63) is 39.8 Å². The molecule has 1 aromatic heterocycles. The normalized spacial score (nSPS) is 17.6. The van der Waals surface area contributed by atoms with Crippen molar-refractivity contribution in [3.8, 4) is 5.75 Å². The van der Waals surface area contributed by atoms with Crippen LogP contribution in [0.15, 0.2) is 29.2 Å². The average molecular weight is 306 g/mol. The van der Waals surface area contributed by atoms with Crippen molar-refractivity contribution in [1.29, 1.82) is 0 Å². The van der Waals surface area contributed by atoms with Gasteiger partial charge in [0, 0.05) is 22.1 Å². The molecule has 0 aliphatic carbocycles. The highest BCUT2D eigenvalue weighted by Gasteiger charge is 2.25. The molecule has 2 heterocycles. The lowest BCUT2D eigenvalue weighted by atomic mass is 10.3. The first kappa shape index (κ1) is 13.9. The summed E-state index contributed by atoms with van der Waals surface area (Å²) < 4.78 is 6.12. The molecule has 2 aromatic rings. The fraction of sp³-hybridized carbons (Fsp3) is 0.400. The largest absolute Gasteiger partial charge is 0.481 e. The minimum Gasteiger partial charge on any atom is -0.481 e. The first-order valence-electron chi connectivity index (χ1n) is 6.83. The zero-order valence-electron chi connectivity index (χ0n) is 11.7. The van der Waals surface area contributed by atoms with E-state index in [1.165, 1.54) is 15.5 Å². The molecule has 0 spiro atoms. The fourth-order valence-electron chi connectivity index (χ4n) is 2.26. The predicted molar refractivity (Wildman–Crippen MR) is 84.8 cm³/mol. The third-order valence-corrected chi connectivity index (χ3v) is 5.56. The van der Waals surface area contributed by atoms with Gasteiger partial charge in [-0.2, -0.15) is 0 Å². The van der Waals surface area contributed by atoms with Gasteiger partial charge in [0.05, 0.1) is 5.69 Å². The van der Waals surface area contributed by atoms with E-state index in [0.717, 1.165) is 29.5 Å². The molecule has 0 saturated heterocycles. The van der Waals surface area contributed by atoms with Crippen molar-refractivity contribution in [2.75, 3.05) is 12.8 Å². The van der Waals surface area contributed by atoms with E-state index in [1.807, 2.05) is 30.9 Å². The molecule has 0 fully saturated rings. The van der Waals surface area contributed by atoms with Gasteiger partial charge in [-0.1, -0.05) is 19.1 Å². The van der Waals surface area contributed by atoms with Crippen molar-refractivity contribution < 1.29 is 4.74 Å². The van der Waals surface area contributed by atoms with Crippen LogP contribution in [-0.4, -0.2) is 17.8 Å². The Morgan fingerprint density at radius 3 is 3.05 bits per heavy atom. The van der Waals surface area contributed by atoms with E-state index in [4.69, 9.17) is 9.72 Å². The first-order chi connectivity index (χ1) is 9.81. The third kappa shape index (κ3) is 2.71. The van der Waals surface area contributed by atoms with Gasteiger partial charge in [0.1, 0.15) is 10.8 Å². The number of aromatic nitrogens is 1. The number of aryl methyl sites for hydroxylation is 1. The molecule has 1 N–H and O–H groups in total. The van der Waals surface area contributed by atoms with Crippen LogP contribution >= 0.6 is 23.1 Å². The Morgan fingerprint density at radius 2 is 2.25 bits per heavy atom. The van der Waals surface area contributed by atoms with Crippen LogP contribution in [0, 0.1) is 0 Å². The standard InChI is InChI=1S/C15H18N2OS2/c1-3-10-14(8-16-2)20-15(17-10)12-9-19-13-7-5-4-6-11(13)18-12/h4-7,12,16H,3,8-9H2,1-2H3. The number of ether oxygens (including phenoxy) is 1. The minimum atomic E-state index is 0.0795. The summed E-state index contributed by atoms with van der Waals surface area (Å²) in [6.07, 6.45) is 1.06. The second kappa shape index (κ2) is 6.16. The van der Waals surface area contributed by atoms with Crippen molar-refractivity contribution >= 4 is 23.1 Å². The number of nitrogens with zero attached hydrogens (tertiary/aromatic N) is 1. The lowest BCUT2D eigenvalue weighted by Crippen LogP contribution is -2.14. The van der Waals surface area contributed by atoms with Gasteiger partial charge in [0.2, 0.25) is 0 Å². The van der Waals surface area contributed by atoms with Crippen molar-refractivity contribution in [1.82, 2.24) is 10.3 Å². The summed E-state index contributed by atoms with van der Waals surface area (Å²) in [5.41, 5.74) is 1.20. The molecule has 20 heavy (non-hydrogen) atoms. The lowest BCUT2D eigenvalue weighted by molar-refractivity contribution is 0.219. The molecule has 5 heteroatoms. The maximum atomic E-state index is 6.12. The number of para-hydroxylation sites is 1. The van der Waals surface area contributed by atoms with Gasteiger partial charge in [0.15, 0.2) is 6.10 Å². The molecular formula is C15H18N2OS2. The van der Waals surface area contributed by atoms with Crippen LogP contribution in [0.3, 0.4) is 0 Å². The summed E-state index contributed by atoms with van der Waals surface area (Å²) in [5, 5.41) is 4.32. The molecule has 106 valence electrons.